The number of rotatable bonds is 5. The van der Waals surface area contributed by atoms with Crippen molar-refractivity contribution in [1.29, 1.82) is 0 Å². The first-order valence-corrected chi connectivity index (χ1v) is 7.11. The molecule has 2 rings (SSSR count). The van der Waals surface area contributed by atoms with Gasteiger partial charge >= 0.3 is 0 Å². The molecule has 2 aromatic rings. The lowest BCUT2D eigenvalue weighted by Gasteiger charge is -2.08. The van der Waals surface area contributed by atoms with Crippen LogP contribution in [0.1, 0.15) is 20.8 Å². The molecule has 0 spiro atoms. The zero-order valence-electron chi connectivity index (χ0n) is 11.8. The van der Waals surface area contributed by atoms with E-state index < -0.39 is 23.5 Å². The van der Waals surface area contributed by atoms with Crippen LogP contribution in [0, 0.1) is 5.82 Å². The number of benzene rings is 1. The van der Waals surface area contributed by atoms with Gasteiger partial charge in [0.05, 0.1) is 34.0 Å². The van der Waals surface area contributed by atoms with Gasteiger partial charge in [-0.25, -0.2) is 4.39 Å². The molecule has 8 nitrogen and oxygen atoms in total. The van der Waals surface area contributed by atoms with Crippen molar-refractivity contribution in [3.05, 3.63) is 45.4 Å². The number of aromatic nitrogens is 2. The van der Waals surface area contributed by atoms with E-state index in [-0.39, 0.29) is 33.5 Å². The number of H-pyrrole nitrogens is 1. The molecule has 0 aliphatic rings. The number of nitrogens with zero attached hydrogens (tertiary/aromatic N) is 1. The fourth-order valence-corrected chi connectivity index (χ4v) is 2.10. The Morgan fingerprint density at radius 1 is 1.21 bits per heavy atom. The van der Waals surface area contributed by atoms with Gasteiger partial charge in [-0.05, 0) is 12.1 Å². The van der Waals surface area contributed by atoms with E-state index in [0.717, 1.165) is 12.1 Å². The summed E-state index contributed by atoms with van der Waals surface area (Å²) in [7, 11) is 0. The van der Waals surface area contributed by atoms with E-state index in [1.54, 1.807) is 0 Å². The van der Waals surface area contributed by atoms with Crippen LogP contribution < -0.4 is 16.4 Å². The van der Waals surface area contributed by atoms with Crippen LogP contribution in [-0.2, 0) is 4.79 Å². The molecule has 3 amide bonds. The van der Waals surface area contributed by atoms with Gasteiger partial charge in [-0.2, -0.15) is 5.10 Å². The number of nitrogens with two attached hydrogens (primary N) is 1. The van der Waals surface area contributed by atoms with Gasteiger partial charge in [-0.3, -0.25) is 19.5 Å². The number of nitrogens with one attached hydrogen (secondary N) is 3. The summed E-state index contributed by atoms with van der Waals surface area (Å²) >= 11 is 11.4. The molecule has 0 fully saturated rings. The first kappa shape index (κ1) is 17.7. The number of amides is 3. The normalized spacial score (nSPS) is 10.3. The molecule has 5 N–H and O–H groups in total. The quantitative estimate of drug-likeness (QED) is 0.588. The molecule has 0 saturated carbocycles. The van der Waals surface area contributed by atoms with Gasteiger partial charge < -0.3 is 16.4 Å². The lowest BCUT2D eigenvalue weighted by Crippen LogP contribution is -2.34. The first-order valence-electron chi connectivity index (χ1n) is 6.35. The average Bonchev–Trinajstić information content (AvgIpc) is 2.96. The van der Waals surface area contributed by atoms with Crippen LogP contribution >= 0.6 is 23.2 Å². The molecule has 0 bridgehead atoms. The number of hydrogen-bond acceptors (Lipinski definition) is 4. The Labute approximate surface area is 144 Å². The third kappa shape index (κ3) is 4.00. The van der Waals surface area contributed by atoms with Crippen LogP contribution in [0.3, 0.4) is 0 Å². The van der Waals surface area contributed by atoms with E-state index in [1.807, 2.05) is 0 Å². The molecule has 0 aliphatic heterocycles. The largest absolute Gasteiger partial charge is 0.368 e. The Kier molecular flexibility index (Phi) is 5.37. The fourth-order valence-electron chi connectivity index (χ4n) is 1.70. The fraction of sp³-hybridized carbons (Fsp3) is 0.0769. The van der Waals surface area contributed by atoms with Crippen LogP contribution in [0.2, 0.25) is 10.0 Å². The standard InChI is InChI=1S/C13H10Cl2FN5O3/c14-6-2-8(16)7(15)1-5(6)12(23)20-9-3-19-21-11(9)13(24)18-4-10(17)22/h1-3H,4H2,(H2,17,22)(H,18,24)(H,19,21)(H,20,23). The summed E-state index contributed by atoms with van der Waals surface area (Å²) in [6.07, 6.45) is 1.18. The summed E-state index contributed by atoms with van der Waals surface area (Å²) in [6.45, 7) is -0.384. The Morgan fingerprint density at radius 2 is 1.92 bits per heavy atom. The second kappa shape index (κ2) is 7.28. The van der Waals surface area contributed by atoms with Gasteiger partial charge in [0.2, 0.25) is 5.91 Å². The Hall–Kier alpha value is -2.65. The van der Waals surface area contributed by atoms with Crippen LogP contribution in [0.4, 0.5) is 10.1 Å². The molecule has 24 heavy (non-hydrogen) atoms. The minimum atomic E-state index is -0.770. The van der Waals surface area contributed by atoms with E-state index in [2.05, 4.69) is 20.8 Å². The number of primary amides is 1. The van der Waals surface area contributed by atoms with E-state index in [4.69, 9.17) is 28.9 Å². The summed E-state index contributed by atoms with van der Waals surface area (Å²) in [6, 6.07) is 1.95. The van der Waals surface area contributed by atoms with Crippen molar-refractivity contribution in [3.8, 4) is 0 Å². The van der Waals surface area contributed by atoms with Gasteiger partial charge in [0, 0.05) is 0 Å². The van der Waals surface area contributed by atoms with Gasteiger partial charge in [0.1, 0.15) is 11.5 Å². The van der Waals surface area contributed by atoms with Crippen LogP contribution in [0.25, 0.3) is 0 Å². The molecule has 11 heteroatoms. The number of aromatic amines is 1. The molecule has 0 atom stereocenters. The SMILES string of the molecule is NC(=O)CNC(=O)c1[nH]ncc1NC(=O)c1cc(Cl)c(F)cc1Cl. The zero-order chi connectivity index (χ0) is 17.9. The third-order valence-electron chi connectivity index (χ3n) is 2.79. The van der Waals surface area contributed by atoms with Gasteiger partial charge in [-0.15, -0.1) is 0 Å². The molecular formula is C13H10Cl2FN5O3. The summed E-state index contributed by atoms with van der Waals surface area (Å²) in [4.78, 5) is 34.8. The molecule has 1 aromatic heterocycles. The van der Waals surface area contributed by atoms with Crippen molar-refractivity contribution in [1.82, 2.24) is 15.5 Å². The minimum absolute atomic E-state index is 0.0264. The first-order chi connectivity index (χ1) is 11.3. The van der Waals surface area contributed by atoms with Crippen molar-refractivity contribution in [2.75, 3.05) is 11.9 Å². The highest BCUT2D eigenvalue weighted by molar-refractivity contribution is 6.36. The van der Waals surface area contributed by atoms with E-state index >= 15 is 0 Å². The molecule has 126 valence electrons. The lowest BCUT2D eigenvalue weighted by molar-refractivity contribution is -0.117. The van der Waals surface area contributed by atoms with Crippen LogP contribution in [0.15, 0.2) is 18.3 Å². The zero-order valence-corrected chi connectivity index (χ0v) is 13.3. The Balaban J connectivity index is 2.19. The van der Waals surface area contributed by atoms with Crippen molar-refractivity contribution in [2.24, 2.45) is 5.73 Å². The molecule has 1 aromatic carbocycles. The smallest absolute Gasteiger partial charge is 0.271 e. The second-order valence-electron chi connectivity index (χ2n) is 4.51. The highest BCUT2D eigenvalue weighted by Gasteiger charge is 2.19. The summed E-state index contributed by atoms with van der Waals surface area (Å²) in [5.74, 6) is -2.94. The predicted molar refractivity (Wildman–Crippen MR) is 84.5 cm³/mol. The molecule has 0 radical (unpaired) electrons. The molecule has 0 saturated heterocycles. The number of carbonyl (C=O) groups is 3. The Morgan fingerprint density at radius 3 is 2.58 bits per heavy atom. The van der Waals surface area contributed by atoms with Crippen molar-refractivity contribution >= 4 is 46.6 Å². The highest BCUT2D eigenvalue weighted by Crippen LogP contribution is 2.25. The van der Waals surface area contributed by atoms with Gasteiger partial charge in [0.25, 0.3) is 11.8 Å². The number of carbonyl (C=O) groups excluding carboxylic acids is 3. The van der Waals surface area contributed by atoms with Crippen molar-refractivity contribution in [3.63, 3.8) is 0 Å². The van der Waals surface area contributed by atoms with E-state index in [1.165, 1.54) is 6.20 Å². The molecule has 0 aliphatic carbocycles. The highest BCUT2D eigenvalue weighted by atomic mass is 35.5. The maximum atomic E-state index is 13.3. The maximum Gasteiger partial charge on any atom is 0.271 e. The third-order valence-corrected chi connectivity index (χ3v) is 3.39. The number of hydrogen-bond donors (Lipinski definition) is 4. The molecule has 0 unspecified atom stereocenters. The Bertz CT molecular complexity index is 824. The number of halogens is 3. The monoisotopic (exact) mass is 373 g/mol. The predicted octanol–water partition coefficient (Wildman–Crippen LogP) is 1.32. The topological polar surface area (TPSA) is 130 Å². The summed E-state index contributed by atoms with van der Waals surface area (Å²) in [5, 5.41) is 10.2. The second-order valence-corrected chi connectivity index (χ2v) is 5.32. The maximum absolute atomic E-state index is 13.3. The van der Waals surface area contributed by atoms with Gasteiger partial charge in [0.15, 0.2) is 0 Å². The van der Waals surface area contributed by atoms with Crippen molar-refractivity contribution < 1.29 is 18.8 Å². The van der Waals surface area contributed by atoms with E-state index in [9.17, 15) is 18.8 Å². The minimum Gasteiger partial charge on any atom is -0.368 e. The van der Waals surface area contributed by atoms with Crippen molar-refractivity contribution in [2.45, 2.75) is 0 Å². The van der Waals surface area contributed by atoms with E-state index in [0.29, 0.717) is 0 Å². The van der Waals surface area contributed by atoms with Gasteiger partial charge in [-0.1, -0.05) is 23.2 Å². The van der Waals surface area contributed by atoms with Crippen LogP contribution in [0.5, 0.6) is 0 Å². The summed E-state index contributed by atoms with van der Waals surface area (Å²) in [5.41, 5.74) is 4.76. The number of anilines is 1. The lowest BCUT2D eigenvalue weighted by atomic mass is 10.2. The van der Waals surface area contributed by atoms with Crippen LogP contribution in [-0.4, -0.2) is 34.5 Å². The molecular weight excluding hydrogens is 364 g/mol. The molecule has 1 heterocycles. The average molecular weight is 374 g/mol. The summed E-state index contributed by atoms with van der Waals surface area (Å²) < 4.78 is 13.3.